The number of ether oxygens (including phenoxy) is 2. The second-order valence-electron chi connectivity index (χ2n) is 4.76. The van der Waals surface area contributed by atoms with Gasteiger partial charge in [-0.05, 0) is 18.6 Å². The number of carbonyl (C=O) groups excluding carboxylic acids is 1. The summed E-state index contributed by atoms with van der Waals surface area (Å²) in [6.07, 6.45) is 0.766. The molecule has 0 bridgehead atoms. The highest BCUT2D eigenvalue weighted by atomic mass is 16.5. The normalized spacial score (nSPS) is 22.5. The smallest absolute Gasteiger partial charge is 0.236 e. The van der Waals surface area contributed by atoms with Crippen LogP contribution in [0, 0.1) is 0 Å². The second-order valence-corrected chi connectivity index (χ2v) is 4.76. The van der Waals surface area contributed by atoms with E-state index in [2.05, 4.69) is 0 Å². The maximum absolute atomic E-state index is 11.6. The van der Waals surface area contributed by atoms with Crippen molar-refractivity contribution in [3.05, 3.63) is 30.3 Å². The summed E-state index contributed by atoms with van der Waals surface area (Å²) in [5, 5.41) is 0. The molecule has 1 saturated heterocycles. The summed E-state index contributed by atoms with van der Waals surface area (Å²) < 4.78 is 11.3. The van der Waals surface area contributed by atoms with E-state index < -0.39 is 5.60 Å². The monoisotopic (exact) mass is 264 g/mol. The predicted octanol–water partition coefficient (Wildman–Crippen LogP) is 0.642. The Kier molecular flexibility index (Phi) is 4.39. The van der Waals surface area contributed by atoms with Gasteiger partial charge in [-0.15, -0.1) is 0 Å². The SMILES string of the molecule is CO[C@]1(COc2ccccc2)CCN(C(=O)CN)C1. The molecule has 0 radical (unpaired) electrons. The molecule has 2 N–H and O–H groups in total. The molecule has 0 saturated carbocycles. The third kappa shape index (κ3) is 3.24. The lowest BCUT2D eigenvalue weighted by molar-refractivity contribution is -0.130. The van der Waals surface area contributed by atoms with Gasteiger partial charge in [0.25, 0.3) is 0 Å². The minimum absolute atomic E-state index is 0.0410. The van der Waals surface area contributed by atoms with Crippen LogP contribution in [0.25, 0.3) is 0 Å². The van der Waals surface area contributed by atoms with E-state index in [9.17, 15) is 4.79 Å². The maximum Gasteiger partial charge on any atom is 0.236 e. The highest BCUT2D eigenvalue weighted by Gasteiger charge is 2.40. The lowest BCUT2D eigenvalue weighted by Crippen LogP contribution is -2.43. The van der Waals surface area contributed by atoms with Crippen molar-refractivity contribution in [2.24, 2.45) is 5.73 Å². The van der Waals surface area contributed by atoms with E-state index in [1.54, 1.807) is 12.0 Å². The molecule has 5 nitrogen and oxygen atoms in total. The van der Waals surface area contributed by atoms with Gasteiger partial charge in [-0.3, -0.25) is 4.79 Å². The van der Waals surface area contributed by atoms with Crippen molar-refractivity contribution in [3.63, 3.8) is 0 Å². The number of hydrogen-bond donors (Lipinski definition) is 1. The number of nitrogens with zero attached hydrogens (tertiary/aromatic N) is 1. The molecular formula is C14H20N2O3. The van der Waals surface area contributed by atoms with Crippen LogP contribution in [-0.4, -0.2) is 49.8 Å². The first-order valence-corrected chi connectivity index (χ1v) is 6.40. The van der Waals surface area contributed by atoms with Crippen LogP contribution in [-0.2, 0) is 9.53 Å². The molecule has 1 aliphatic heterocycles. The third-order valence-electron chi connectivity index (χ3n) is 3.52. The van der Waals surface area contributed by atoms with Crippen molar-refractivity contribution >= 4 is 5.91 Å². The molecule has 1 heterocycles. The first-order chi connectivity index (χ1) is 9.19. The van der Waals surface area contributed by atoms with Gasteiger partial charge in [0.1, 0.15) is 18.0 Å². The van der Waals surface area contributed by atoms with Gasteiger partial charge in [-0.2, -0.15) is 0 Å². The maximum atomic E-state index is 11.6. The predicted molar refractivity (Wildman–Crippen MR) is 71.9 cm³/mol. The van der Waals surface area contributed by atoms with Crippen molar-refractivity contribution in [2.45, 2.75) is 12.0 Å². The Morgan fingerprint density at radius 3 is 2.79 bits per heavy atom. The van der Waals surface area contributed by atoms with E-state index >= 15 is 0 Å². The zero-order valence-corrected chi connectivity index (χ0v) is 11.2. The molecule has 1 aliphatic rings. The van der Waals surface area contributed by atoms with E-state index in [0.29, 0.717) is 19.7 Å². The molecule has 1 amide bonds. The van der Waals surface area contributed by atoms with Gasteiger partial charge in [0.15, 0.2) is 0 Å². The number of nitrogens with two attached hydrogens (primary N) is 1. The summed E-state index contributed by atoms with van der Waals surface area (Å²) in [7, 11) is 1.66. The first-order valence-electron chi connectivity index (χ1n) is 6.40. The summed E-state index contributed by atoms with van der Waals surface area (Å²) in [6, 6.07) is 9.60. The Morgan fingerprint density at radius 2 is 2.16 bits per heavy atom. The first kappa shape index (κ1) is 13.8. The zero-order chi connectivity index (χ0) is 13.7. The van der Waals surface area contributed by atoms with Gasteiger partial charge in [-0.1, -0.05) is 18.2 Å². The molecule has 0 spiro atoms. The minimum Gasteiger partial charge on any atom is -0.491 e. The van der Waals surface area contributed by atoms with Crippen molar-refractivity contribution < 1.29 is 14.3 Å². The largest absolute Gasteiger partial charge is 0.491 e. The molecule has 1 atom stereocenters. The van der Waals surface area contributed by atoms with Crippen LogP contribution in [0.4, 0.5) is 0 Å². The number of likely N-dealkylation sites (tertiary alicyclic amines) is 1. The summed E-state index contributed by atoms with van der Waals surface area (Å²) in [4.78, 5) is 13.3. The minimum atomic E-state index is -0.430. The lowest BCUT2D eigenvalue weighted by atomic mass is 10.0. The molecule has 19 heavy (non-hydrogen) atoms. The third-order valence-corrected chi connectivity index (χ3v) is 3.52. The number of hydrogen-bond acceptors (Lipinski definition) is 4. The Morgan fingerprint density at radius 1 is 1.42 bits per heavy atom. The highest BCUT2D eigenvalue weighted by molar-refractivity contribution is 5.78. The highest BCUT2D eigenvalue weighted by Crippen LogP contribution is 2.26. The lowest BCUT2D eigenvalue weighted by Gasteiger charge is -2.27. The van der Waals surface area contributed by atoms with E-state index in [-0.39, 0.29) is 12.5 Å². The van der Waals surface area contributed by atoms with E-state index in [4.69, 9.17) is 15.2 Å². The number of methoxy groups -OCH3 is 1. The van der Waals surface area contributed by atoms with Gasteiger partial charge in [0.2, 0.25) is 5.91 Å². The molecule has 0 aliphatic carbocycles. The second kappa shape index (κ2) is 6.04. The van der Waals surface area contributed by atoms with Gasteiger partial charge in [0.05, 0.1) is 13.1 Å². The summed E-state index contributed by atoms with van der Waals surface area (Å²) >= 11 is 0. The van der Waals surface area contributed by atoms with Crippen LogP contribution in [0.3, 0.4) is 0 Å². The fraction of sp³-hybridized carbons (Fsp3) is 0.500. The number of para-hydroxylation sites is 1. The quantitative estimate of drug-likeness (QED) is 0.847. The molecule has 0 aromatic heterocycles. The Hall–Kier alpha value is -1.59. The summed E-state index contributed by atoms with van der Waals surface area (Å²) in [5.41, 5.74) is 4.95. The summed E-state index contributed by atoms with van der Waals surface area (Å²) in [6.45, 7) is 1.68. The fourth-order valence-corrected chi connectivity index (χ4v) is 2.26. The van der Waals surface area contributed by atoms with Gasteiger partial charge in [0, 0.05) is 13.7 Å². The average molecular weight is 264 g/mol. The molecule has 2 rings (SSSR count). The molecule has 104 valence electrons. The van der Waals surface area contributed by atoms with Crippen LogP contribution in [0.1, 0.15) is 6.42 Å². The number of amides is 1. The fourth-order valence-electron chi connectivity index (χ4n) is 2.26. The molecule has 5 heteroatoms. The van der Waals surface area contributed by atoms with E-state index in [1.165, 1.54) is 0 Å². The Bertz CT molecular complexity index is 424. The van der Waals surface area contributed by atoms with Crippen LogP contribution in [0.15, 0.2) is 30.3 Å². The zero-order valence-electron chi connectivity index (χ0n) is 11.2. The number of carbonyl (C=O) groups is 1. The Labute approximate surface area is 113 Å². The van der Waals surface area contributed by atoms with Gasteiger partial charge in [-0.25, -0.2) is 0 Å². The van der Waals surface area contributed by atoms with Crippen LogP contribution >= 0.6 is 0 Å². The average Bonchev–Trinajstić information content (AvgIpc) is 2.91. The Balaban J connectivity index is 1.95. The van der Waals surface area contributed by atoms with Crippen molar-refractivity contribution in [1.29, 1.82) is 0 Å². The molecule has 1 aromatic carbocycles. The molecule has 1 fully saturated rings. The van der Waals surface area contributed by atoms with Gasteiger partial charge < -0.3 is 20.1 Å². The van der Waals surface area contributed by atoms with Crippen LogP contribution in [0.5, 0.6) is 5.75 Å². The topological polar surface area (TPSA) is 64.8 Å². The number of benzene rings is 1. The van der Waals surface area contributed by atoms with Crippen LogP contribution < -0.4 is 10.5 Å². The van der Waals surface area contributed by atoms with Crippen LogP contribution in [0.2, 0.25) is 0 Å². The van der Waals surface area contributed by atoms with E-state index in [1.807, 2.05) is 30.3 Å². The number of rotatable bonds is 5. The van der Waals surface area contributed by atoms with Crippen molar-refractivity contribution in [1.82, 2.24) is 4.90 Å². The van der Waals surface area contributed by atoms with E-state index in [0.717, 1.165) is 12.2 Å². The van der Waals surface area contributed by atoms with Crippen molar-refractivity contribution in [2.75, 3.05) is 33.4 Å². The van der Waals surface area contributed by atoms with Gasteiger partial charge >= 0.3 is 0 Å². The standard InChI is InChI=1S/C14H20N2O3/c1-18-14(7-8-16(10-14)13(17)9-15)11-19-12-5-3-2-4-6-12/h2-6H,7-11,15H2,1H3/t14-/m1/s1. The molecule has 1 aromatic rings. The molecular weight excluding hydrogens is 244 g/mol. The molecule has 0 unspecified atom stereocenters. The van der Waals surface area contributed by atoms with Crippen molar-refractivity contribution in [3.8, 4) is 5.75 Å². The summed E-state index contributed by atoms with van der Waals surface area (Å²) in [5.74, 6) is 0.765.